The molecule has 1 aliphatic carbocycles. The minimum absolute atomic E-state index is 0.386. The summed E-state index contributed by atoms with van der Waals surface area (Å²) >= 11 is 0. The summed E-state index contributed by atoms with van der Waals surface area (Å²) in [6, 6.07) is 0.543. The van der Waals surface area contributed by atoms with E-state index in [1.165, 1.54) is 19.3 Å². The molecular weight excluding hydrogens is 242 g/mol. The molecule has 114 valence electrons. The highest BCUT2D eigenvalue weighted by atomic mass is 16.5. The Labute approximate surface area is 117 Å². The summed E-state index contributed by atoms with van der Waals surface area (Å²) in [4.78, 5) is 0. The quantitative estimate of drug-likeness (QED) is 0.629. The van der Waals surface area contributed by atoms with Crippen molar-refractivity contribution in [1.82, 2.24) is 5.32 Å². The molecule has 0 radical (unpaired) electrons. The van der Waals surface area contributed by atoms with Crippen LogP contribution in [-0.4, -0.2) is 50.2 Å². The van der Waals surface area contributed by atoms with Crippen molar-refractivity contribution in [2.24, 2.45) is 11.8 Å². The van der Waals surface area contributed by atoms with Gasteiger partial charge in [-0.2, -0.15) is 0 Å². The number of nitrogens with one attached hydrogen (secondary N) is 1. The second-order valence-corrected chi connectivity index (χ2v) is 5.71. The van der Waals surface area contributed by atoms with Gasteiger partial charge < -0.3 is 19.9 Å². The smallest absolute Gasteiger partial charge is 0.0897 e. The van der Waals surface area contributed by atoms with E-state index < -0.39 is 6.10 Å². The van der Waals surface area contributed by atoms with Crippen LogP contribution in [0.5, 0.6) is 0 Å². The van der Waals surface area contributed by atoms with Crippen molar-refractivity contribution < 1.29 is 14.6 Å². The number of hydrogen-bond donors (Lipinski definition) is 2. The minimum Gasteiger partial charge on any atom is -0.389 e. The van der Waals surface area contributed by atoms with Gasteiger partial charge in [0.1, 0.15) is 0 Å². The highest BCUT2D eigenvalue weighted by molar-refractivity contribution is 4.82. The number of aliphatic hydroxyl groups excluding tert-OH is 1. The Kier molecular flexibility index (Phi) is 8.62. The van der Waals surface area contributed by atoms with Crippen LogP contribution in [0.15, 0.2) is 0 Å². The molecule has 4 atom stereocenters. The molecule has 2 N–H and O–H groups in total. The summed E-state index contributed by atoms with van der Waals surface area (Å²) in [5, 5.41) is 13.4. The van der Waals surface area contributed by atoms with E-state index in [0.717, 1.165) is 5.92 Å². The average molecular weight is 273 g/mol. The van der Waals surface area contributed by atoms with Crippen molar-refractivity contribution in [3.05, 3.63) is 0 Å². The predicted octanol–water partition coefficient (Wildman–Crippen LogP) is 1.81. The molecule has 0 heterocycles. The highest BCUT2D eigenvalue weighted by Crippen LogP contribution is 2.29. The lowest BCUT2D eigenvalue weighted by atomic mass is 9.78. The van der Waals surface area contributed by atoms with Crippen LogP contribution in [0.1, 0.15) is 40.0 Å². The van der Waals surface area contributed by atoms with Crippen molar-refractivity contribution in [2.45, 2.75) is 52.2 Å². The fourth-order valence-electron chi connectivity index (χ4n) is 2.70. The van der Waals surface area contributed by atoms with Crippen LogP contribution in [0.25, 0.3) is 0 Å². The van der Waals surface area contributed by atoms with E-state index in [-0.39, 0.29) is 0 Å². The molecule has 0 spiro atoms. The van der Waals surface area contributed by atoms with E-state index in [4.69, 9.17) is 9.47 Å². The number of aliphatic hydroxyl groups is 1. The van der Waals surface area contributed by atoms with E-state index in [2.05, 4.69) is 19.2 Å². The Balaban J connectivity index is 2.07. The second kappa shape index (κ2) is 9.70. The maximum Gasteiger partial charge on any atom is 0.0897 e. The molecule has 1 saturated carbocycles. The first-order valence-corrected chi connectivity index (χ1v) is 7.72. The van der Waals surface area contributed by atoms with Crippen LogP contribution in [0, 0.1) is 11.8 Å². The lowest BCUT2D eigenvalue weighted by Gasteiger charge is -2.35. The molecule has 0 amide bonds. The molecule has 0 aromatic carbocycles. The third-order valence-corrected chi connectivity index (χ3v) is 4.21. The zero-order valence-electron chi connectivity index (χ0n) is 12.7. The number of hydrogen-bond acceptors (Lipinski definition) is 4. The van der Waals surface area contributed by atoms with Gasteiger partial charge in [-0.15, -0.1) is 0 Å². The van der Waals surface area contributed by atoms with Crippen LogP contribution >= 0.6 is 0 Å². The maximum absolute atomic E-state index is 9.86. The van der Waals surface area contributed by atoms with Crippen molar-refractivity contribution >= 4 is 0 Å². The van der Waals surface area contributed by atoms with Gasteiger partial charge >= 0.3 is 0 Å². The molecule has 1 fully saturated rings. The highest BCUT2D eigenvalue weighted by Gasteiger charge is 2.26. The fraction of sp³-hybridized carbons (Fsp3) is 1.00. The maximum atomic E-state index is 9.86. The minimum atomic E-state index is -0.425. The van der Waals surface area contributed by atoms with Crippen LogP contribution in [0.4, 0.5) is 0 Å². The predicted molar refractivity (Wildman–Crippen MR) is 77.3 cm³/mol. The van der Waals surface area contributed by atoms with Crippen LogP contribution in [-0.2, 0) is 9.47 Å². The molecule has 0 saturated heterocycles. The number of rotatable bonds is 9. The van der Waals surface area contributed by atoms with Crippen molar-refractivity contribution in [2.75, 3.05) is 33.0 Å². The molecule has 1 aliphatic rings. The first-order chi connectivity index (χ1) is 9.15. The molecule has 0 aromatic rings. The third kappa shape index (κ3) is 6.70. The zero-order valence-corrected chi connectivity index (χ0v) is 12.7. The summed E-state index contributed by atoms with van der Waals surface area (Å²) < 4.78 is 10.5. The molecule has 4 heteroatoms. The summed E-state index contributed by atoms with van der Waals surface area (Å²) in [6.45, 7) is 9.48. The fourth-order valence-corrected chi connectivity index (χ4v) is 2.70. The van der Waals surface area contributed by atoms with Crippen molar-refractivity contribution in [3.63, 3.8) is 0 Å². The van der Waals surface area contributed by atoms with E-state index in [1.807, 2.05) is 6.92 Å². The lowest BCUT2D eigenvalue weighted by Crippen LogP contribution is -2.44. The summed E-state index contributed by atoms with van der Waals surface area (Å²) in [5.74, 6) is 1.48. The standard InChI is InChI=1S/C15H31NO3/c1-4-18-8-9-19-11-14(17)10-16-15-7-5-6-12(2)13(15)3/h12-17H,4-11H2,1-3H3. The van der Waals surface area contributed by atoms with Gasteiger partial charge in [-0.25, -0.2) is 0 Å². The molecule has 0 bridgehead atoms. The van der Waals surface area contributed by atoms with E-state index >= 15 is 0 Å². The molecule has 0 aliphatic heterocycles. The van der Waals surface area contributed by atoms with Gasteiger partial charge in [0.05, 0.1) is 25.9 Å². The second-order valence-electron chi connectivity index (χ2n) is 5.71. The lowest BCUT2D eigenvalue weighted by molar-refractivity contribution is 0.00432. The first kappa shape index (κ1) is 16.9. The van der Waals surface area contributed by atoms with Gasteiger partial charge in [-0.1, -0.05) is 26.7 Å². The van der Waals surface area contributed by atoms with Gasteiger partial charge in [0.15, 0.2) is 0 Å². The summed E-state index contributed by atoms with van der Waals surface area (Å²) in [6.07, 6.45) is 3.43. The summed E-state index contributed by atoms with van der Waals surface area (Å²) in [5.41, 5.74) is 0. The monoisotopic (exact) mass is 273 g/mol. The molecule has 0 aromatic heterocycles. The van der Waals surface area contributed by atoms with E-state index in [1.54, 1.807) is 0 Å². The molecular formula is C15H31NO3. The third-order valence-electron chi connectivity index (χ3n) is 4.21. The Morgan fingerprint density at radius 2 is 1.95 bits per heavy atom. The van der Waals surface area contributed by atoms with Gasteiger partial charge in [-0.3, -0.25) is 0 Å². The Bertz CT molecular complexity index is 225. The molecule has 1 rings (SSSR count). The van der Waals surface area contributed by atoms with Crippen molar-refractivity contribution in [3.8, 4) is 0 Å². The van der Waals surface area contributed by atoms with Crippen LogP contribution in [0.2, 0.25) is 0 Å². The molecule has 19 heavy (non-hydrogen) atoms. The van der Waals surface area contributed by atoms with Gasteiger partial charge in [0.25, 0.3) is 0 Å². The van der Waals surface area contributed by atoms with Gasteiger partial charge in [0.2, 0.25) is 0 Å². The average Bonchev–Trinajstić information content (AvgIpc) is 2.40. The zero-order chi connectivity index (χ0) is 14.1. The summed E-state index contributed by atoms with van der Waals surface area (Å²) in [7, 11) is 0. The van der Waals surface area contributed by atoms with Crippen LogP contribution in [0.3, 0.4) is 0 Å². The van der Waals surface area contributed by atoms with Gasteiger partial charge in [-0.05, 0) is 25.2 Å². The van der Waals surface area contributed by atoms with Crippen LogP contribution < -0.4 is 5.32 Å². The van der Waals surface area contributed by atoms with E-state index in [0.29, 0.717) is 44.9 Å². The Morgan fingerprint density at radius 3 is 2.68 bits per heavy atom. The molecule has 4 nitrogen and oxygen atoms in total. The van der Waals surface area contributed by atoms with Crippen molar-refractivity contribution in [1.29, 1.82) is 0 Å². The normalized spacial score (nSPS) is 29.4. The Morgan fingerprint density at radius 1 is 1.21 bits per heavy atom. The Hall–Kier alpha value is -0.160. The van der Waals surface area contributed by atoms with Gasteiger partial charge in [0, 0.05) is 19.2 Å². The first-order valence-electron chi connectivity index (χ1n) is 7.72. The molecule has 4 unspecified atom stereocenters. The number of ether oxygens (including phenoxy) is 2. The van der Waals surface area contributed by atoms with E-state index in [9.17, 15) is 5.11 Å². The SMILES string of the molecule is CCOCCOCC(O)CNC1CCCC(C)C1C. The topological polar surface area (TPSA) is 50.7 Å². The largest absolute Gasteiger partial charge is 0.389 e.